The molecule has 0 spiro atoms. The van der Waals surface area contributed by atoms with Crippen molar-refractivity contribution in [3.63, 3.8) is 0 Å². The molecule has 0 saturated carbocycles. The van der Waals surface area contributed by atoms with E-state index >= 15 is 0 Å². The summed E-state index contributed by atoms with van der Waals surface area (Å²) in [5.41, 5.74) is 1.19. The predicted molar refractivity (Wildman–Crippen MR) is 64.3 cm³/mol. The van der Waals surface area contributed by atoms with Gasteiger partial charge in [-0.25, -0.2) is 0 Å². The van der Waals surface area contributed by atoms with Crippen molar-refractivity contribution >= 4 is 0 Å². The number of methoxy groups -OCH3 is 2. The lowest BCUT2D eigenvalue weighted by molar-refractivity contribution is 0.0768. The van der Waals surface area contributed by atoms with Gasteiger partial charge in [-0.15, -0.1) is 0 Å². The molecule has 0 aliphatic heterocycles. The van der Waals surface area contributed by atoms with Crippen molar-refractivity contribution in [3.05, 3.63) is 23.8 Å². The van der Waals surface area contributed by atoms with Crippen LogP contribution in [0.25, 0.3) is 0 Å². The fourth-order valence-electron chi connectivity index (χ4n) is 1.68. The first-order valence-corrected chi connectivity index (χ1v) is 5.53. The van der Waals surface area contributed by atoms with Crippen molar-refractivity contribution < 1.29 is 14.2 Å². The second kappa shape index (κ2) is 6.38. The summed E-state index contributed by atoms with van der Waals surface area (Å²) >= 11 is 0. The van der Waals surface area contributed by atoms with Gasteiger partial charge in [-0.1, -0.05) is 6.07 Å². The summed E-state index contributed by atoms with van der Waals surface area (Å²) in [7, 11) is 3.29. The lowest BCUT2D eigenvalue weighted by atomic mass is 10.1. The molecule has 0 bridgehead atoms. The molecule has 1 rings (SSSR count). The van der Waals surface area contributed by atoms with E-state index in [1.807, 2.05) is 25.1 Å². The van der Waals surface area contributed by atoms with E-state index in [0.29, 0.717) is 0 Å². The van der Waals surface area contributed by atoms with Crippen LogP contribution >= 0.6 is 0 Å². The first kappa shape index (κ1) is 12.8. The molecule has 3 nitrogen and oxygen atoms in total. The minimum absolute atomic E-state index is 0.225. The molecule has 3 heteroatoms. The van der Waals surface area contributed by atoms with E-state index in [2.05, 4.69) is 6.92 Å². The Kier molecular flexibility index (Phi) is 5.12. The van der Waals surface area contributed by atoms with E-state index in [-0.39, 0.29) is 6.10 Å². The first-order chi connectivity index (χ1) is 7.71. The van der Waals surface area contributed by atoms with E-state index in [9.17, 15) is 0 Å². The van der Waals surface area contributed by atoms with Crippen LogP contribution in [0.4, 0.5) is 0 Å². The van der Waals surface area contributed by atoms with Crippen LogP contribution in [-0.4, -0.2) is 26.9 Å². The third-order valence-electron chi connectivity index (χ3n) is 2.42. The topological polar surface area (TPSA) is 27.7 Å². The maximum atomic E-state index is 5.50. The molecule has 1 aromatic carbocycles. The lowest BCUT2D eigenvalue weighted by Gasteiger charge is -2.13. The molecule has 0 aromatic heterocycles. The molecule has 16 heavy (non-hydrogen) atoms. The van der Waals surface area contributed by atoms with Gasteiger partial charge in [0, 0.05) is 6.61 Å². The zero-order valence-corrected chi connectivity index (χ0v) is 10.4. The van der Waals surface area contributed by atoms with E-state index in [1.54, 1.807) is 14.2 Å². The number of benzene rings is 1. The van der Waals surface area contributed by atoms with Crippen LogP contribution in [0, 0.1) is 0 Å². The summed E-state index contributed by atoms with van der Waals surface area (Å²) in [5, 5.41) is 0. The van der Waals surface area contributed by atoms with Crippen LogP contribution < -0.4 is 9.47 Å². The van der Waals surface area contributed by atoms with Gasteiger partial charge >= 0.3 is 0 Å². The number of hydrogen-bond donors (Lipinski definition) is 0. The van der Waals surface area contributed by atoms with Crippen LogP contribution in [0.1, 0.15) is 19.4 Å². The minimum atomic E-state index is 0.225. The third-order valence-corrected chi connectivity index (χ3v) is 2.42. The average molecular weight is 224 g/mol. The van der Waals surface area contributed by atoms with Gasteiger partial charge in [0.15, 0.2) is 11.5 Å². The van der Waals surface area contributed by atoms with E-state index in [0.717, 1.165) is 24.5 Å². The van der Waals surface area contributed by atoms with Gasteiger partial charge in [0.05, 0.1) is 20.3 Å². The zero-order valence-electron chi connectivity index (χ0n) is 10.4. The molecule has 0 radical (unpaired) electrons. The Bertz CT molecular complexity index is 323. The maximum absolute atomic E-state index is 5.50. The quantitative estimate of drug-likeness (QED) is 0.743. The predicted octanol–water partition coefficient (Wildman–Crippen LogP) is 2.67. The van der Waals surface area contributed by atoms with Gasteiger partial charge in [0.1, 0.15) is 0 Å². The van der Waals surface area contributed by atoms with E-state index in [4.69, 9.17) is 14.2 Å². The van der Waals surface area contributed by atoms with Crippen molar-refractivity contribution in [2.45, 2.75) is 26.4 Å². The molecule has 90 valence electrons. The van der Waals surface area contributed by atoms with E-state index in [1.165, 1.54) is 5.56 Å². The molecule has 0 aliphatic rings. The van der Waals surface area contributed by atoms with Crippen LogP contribution in [0.5, 0.6) is 11.5 Å². The van der Waals surface area contributed by atoms with Gasteiger partial charge in [0.25, 0.3) is 0 Å². The fourth-order valence-corrected chi connectivity index (χ4v) is 1.68. The van der Waals surface area contributed by atoms with Gasteiger partial charge < -0.3 is 14.2 Å². The first-order valence-electron chi connectivity index (χ1n) is 5.53. The Labute approximate surface area is 97.3 Å². The third kappa shape index (κ3) is 3.42. The molecule has 1 unspecified atom stereocenters. The Morgan fingerprint density at radius 3 is 2.38 bits per heavy atom. The second-order valence-electron chi connectivity index (χ2n) is 3.66. The highest BCUT2D eigenvalue weighted by molar-refractivity contribution is 5.43. The average Bonchev–Trinajstić information content (AvgIpc) is 2.29. The Morgan fingerprint density at radius 1 is 1.12 bits per heavy atom. The summed E-state index contributed by atoms with van der Waals surface area (Å²) in [6.45, 7) is 4.82. The summed E-state index contributed by atoms with van der Waals surface area (Å²) < 4.78 is 15.9. The van der Waals surface area contributed by atoms with Crippen LogP contribution in [-0.2, 0) is 11.2 Å². The number of ether oxygens (including phenoxy) is 3. The Morgan fingerprint density at radius 2 is 1.81 bits per heavy atom. The molecular formula is C13H20O3. The Hall–Kier alpha value is -1.22. The highest BCUT2D eigenvalue weighted by Crippen LogP contribution is 2.28. The number of rotatable bonds is 6. The van der Waals surface area contributed by atoms with Gasteiger partial charge in [-0.3, -0.25) is 0 Å². The van der Waals surface area contributed by atoms with Crippen molar-refractivity contribution in [3.8, 4) is 11.5 Å². The summed E-state index contributed by atoms with van der Waals surface area (Å²) in [6, 6.07) is 5.96. The second-order valence-corrected chi connectivity index (χ2v) is 3.66. The van der Waals surface area contributed by atoms with Crippen LogP contribution in [0.3, 0.4) is 0 Å². The SMILES string of the molecule is CCOC(C)Cc1ccc(OC)c(OC)c1. The largest absolute Gasteiger partial charge is 0.493 e. The van der Waals surface area contributed by atoms with Crippen molar-refractivity contribution in [2.75, 3.05) is 20.8 Å². The Balaban J connectivity index is 2.74. The molecule has 0 aliphatic carbocycles. The summed E-state index contributed by atoms with van der Waals surface area (Å²) in [5.74, 6) is 1.53. The zero-order chi connectivity index (χ0) is 12.0. The van der Waals surface area contributed by atoms with Crippen molar-refractivity contribution in [2.24, 2.45) is 0 Å². The standard InChI is InChI=1S/C13H20O3/c1-5-16-10(2)8-11-6-7-12(14-3)13(9-11)15-4/h6-7,9-10H,5,8H2,1-4H3. The summed E-state index contributed by atoms with van der Waals surface area (Å²) in [4.78, 5) is 0. The van der Waals surface area contributed by atoms with Crippen molar-refractivity contribution in [1.29, 1.82) is 0 Å². The smallest absolute Gasteiger partial charge is 0.160 e. The molecule has 1 aromatic rings. The maximum Gasteiger partial charge on any atom is 0.160 e. The molecule has 0 amide bonds. The van der Waals surface area contributed by atoms with E-state index < -0.39 is 0 Å². The highest BCUT2D eigenvalue weighted by Gasteiger charge is 2.07. The molecule has 0 N–H and O–H groups in total. The summed E-state index contributed by atoms with van der Waals surface area (Å²) in [6.07, 6.45) is 1.11. The molecule has 0 heterocycles. The van der Waals surface area contributed by atoms with Crippen LogP contribution in [0.15, 0.2) is 18.2 Å². The van der Waals surface area contributed by atoms with Gasteiger partial charge in [0.2, 0.25) is 0 Å². The monoisotopic (exact) mass is 224 g/mol. The normalized spacial score (nSPS) is 12.2. The van der Waals surface area contributed by atoms with Crippen molar-refractivity contribution in [1.82, 2.24) is 0 Å². The molecule has 0 fully saturated rings. The highest BCUT2D eigenvalue weighted by atomic mass is 16.5. The molecule has 1 atom stereocenters. The number of hydrogen-bond acceptors (Lipinski definition) is 3. The van der Waals surface area contributed by atoms with Crippen LogP contribution in [0.2, 0.25) is 0 Å². The molecular weight excluding hydrogens is 204 g/mol. The minimum Gasteiger partial charge on any atom is -0.493 e. The molecule has 0 saturated heterocycles. The van der Waals surface area contributed by atoms with Gasteiger partial charge in [-0.05, 0) is 38.0 Å². The fraction of sp³-hybridized carbons (Fsp3) is 0.538. The van der Waals surface area contributed by atoms with Gasteiger partial charge in [-0.2, -0.15) is 0 Å². The lowest BCUT2D eigenvalue weighted by Crippen LogP contribution is -2.11.